The number of nitrogens with zero attached hydrogens (tertiary/aromatic N) is 4. The molecule has 0 saturated carbocycles. The molecule has 0 atom stereocenters. The molecule has 0 aliphatic heterocycles. The smallest absolute Gasteiger partial charge is 0.134 e. The first-order valence-corrected chi connectivity index (χ1v) is 15.6. The molecule has 0 aliphatic rings. The molecule has 12 heteroatoms. The molecule has 9 nitrogen and oxygen atoms in total. The molecule has 0 bridgehead atoms. The quantitative estimate of drug-likeness (QED) is 0.144. The zero-order valence-electron chi connectivity index (χ0n) is 28.2. The number of aliphatic hydroxyl groups is 1. The molecule has 4 aromatic rings. The Balaban J connectivity index is 0.000000428. The molecule has 47 heavy (non-hydrogen) atoms. The summed E-state index contributed by atoms with van der Waals surface area (Å²) in [6, 6.07) is 11.4. The van der Waals surface area contributed by atoms with Gasteiger partial charge in [-0.3, -0.25) is 14.8 Å². The lowest BCUT2D eigenvalue weighted by molar-refractivity contribution is -0.116. The molecule has 2 aromatic heterocycles. The van der Waals surface area contributed by atoms with Crippen molar-refractivity contribution >= 4 is 80.3 Å². The first-order chi connectivity index (χ1) is 21.4. The second kappa shape index (κ2) is 17.9. The van der Waals surface area contributed by atoms with Crippen LogP contribution >= 0.6 is 35.6 Å². The largest absolute Gasteiger partial charge is 0.399 e. The summed E-state index contributed by atoms with van der Waals surface area (Å²) in [6.07, 6.45) is 3.38. The van der Waals surface area contributed by atoms with Gasteiger partial charge in [0.1, 0.15) is 17.9 Å². The average molecular weight is 701 g/mol. The van der Waals surface area contributed by atoms with Crippen LogP contribution in [0.25, 0.3) is 21.8 Å². The fourth-order valence-corrected chi connectivity index (χ4v) is 4.81. The van der Waals surface area contributed by atoms with Gasteiger partial charge in [-0.25, -0.2) is 0 Å². The van der Waals surface area contributed by atoms with Gasteiger partial charge >= 0.3 is 0 Å². The topological polar surface area (TPSA) is 161 Å². The molecule has 0 aliphatic carbocycles. The number of Topliss-reactive ketones (excluding diaryl/α,β-unsaturated/α-hetero) is 1. The standard InChI is InChI=1S/C18H20ClN3O.C15H17ClN4.C2H6O.ClH/c1-11(23)5-12-6-14-16(22-10-18(2,3)4)13(8-20)9-21-17(14)15(19)7-12;1-15(2,3)8-20-13-9(6-17)7-19-14-11(13)4-10(18)5-12(14)16;1-2-3;/h6-7,9H,5,10H2,1-4H3,(H,21,22);4-5,7H,8,18H2,1-3H3,(H,19,20);3H,2H2,1H3;1H. The third kappa shape index (κ3) is 12.4. The van der Waals surface area contributed by atoms with Gasteiger partial charge in [-0.05, 0) is 54.5 Å². The van der Waals surface area contributed by atoms with Crippen molar-refractivity contribution in [3.63, 3.8) is 0 Å². The van der Waals surface area contributed by atoms with Gasteiger partial charge in [0.25, 0.3) is 0 Å². The number of halogens is 3. The number of carbonyl (C=O) groups excluding carboxylic acids is 1. The number of rotatable bonds is 6. The van der Waals surface area contributed by atoms with Crippen LogP contribution in [0.1, 0.15) is 72.1 Å². The average Bonchev–Trinajstić information content (AvgIpc) is 2.94. The van der Waals surface area contributed by atoms with Crippen molar-refractivity contribution < 1.29 is 9.90 Å². The third-order valence-corrected chi connectivity index (χ3v) is 6.79. The molecule has 0 amide bonds. The fourth-order valence-electron chi connectivity index (χ4n) is 4.24. The van der Waals surface area contributed by atoms with Gasteiger partial charge in [0, 0.05) is 55.0 Å². The monoisotopic (exact) mass is 699 g/mol. The highest BCUT2D eigenvalue weighted by molar-refractivity contribution is 6.36. The zero-order valence-corrected chi connectivity index (χ0v) is 30.5. The number of benzene rings is 2. The van der Waals surface area contributed by atoms with Crippen LogP contribution in [0, 0.1) is 33.5 Å². The Labute approximate surface area is 293 Å². The van der Waals surface area contributed by atoms with Crippen LogP contribution in [0.5, 0.6) is 0 Å². The molecule has 0 unspecified atom stereocenters. The van der Waals surface area contributed by atoms with E-state index in [1.165, 1.54) is 12.4 Å². The molecule has 4 rings (SSSR count). The number of nitriles is 2. The van der Waals surface area contributed by atoms with E-state index < -0.39 is 0 Å². The minimum absolute atomic E-state index is 0. The summed E-state index contributed by atoms with van der Waals surface area (Å²) < 4.78 is 0. The molecular weight excluding hydrogens is 657 g/mol. The lowest BCUT2D eigenvalue weighted by atomic mass is 9.96. The molecule has 0 saturated heterocycles. The molecule has 5 N–H and O–H groups in total. The minimum atomic E-state index is 0. The summed E-state index contributed by atoms with van der Waals surface area (Å²) in [5.41, 5.74) is 11.1. The molecule has 2 heterocycles. The number of anilines is 3. The van der Waals surface area contributed by atoms with Crippen LogP contribution in [-0.4, -0.2) is 40.6 Å². The second-order valence-corrected chi connectivity index (χ2v) is 14.0. The van der Waals surface area contributed by atoms with Crippen LogP contribution in [0.2, 0.25) is 10.0 Å². The van der Waals surface area contributed by atoms with E-state index in [9.17, 15) is 15.3 Å². The Morgan fingerprint density at radius 1 is 0.851 bits per heavy atom. The van der Waals surface area contributed by atoms with Crippen molar-refractivity contribution in [3.05, 3.63) is 63.4 Å². The van der Waals surface area contributed by atoms with E-state index in [4.69, 9.17) is 34.0 Å². The summed E-state index contributed by atoms with van der Waals surface area (Å²) in [4.78, 5) is 19.9. The van der Waals surface area contributed by atoms with Crippen molar-refractivity contribution in [2.45, 2.75) is 61.8 Å². The molecule has 252 valence electrons. The van der Waals surface area contributed by atoms with E-state index in [1.807, 2.05) is 6.07 Å². The summed E-state index contributed by atoms with van der Waals surface area (Å²) >= 11 is 12.5. The number of nitrogen functional groups attached to an aromatic ring is 1. The summed E-state index contributed by atoms with van der Waals surface area (Å²) in [5.74, 6) is 0.0639. The molecule has 2 aromatic carbocycles. The Hall–Kier alpha value is -3.86. The Kier molecular flexibility index (Phi) is 15.7. The Morgan fingerprint density at radius 3 is 1.64 bits per heavy atom. The number of hydrogen-bond donors (Lipinski definition) is 4. The number of hydrogen-bond acceptors (Lipinski definition) is 9. The molecule has 0 spiro atoms. The maximum Gasteiger partial charge on any atom is 0.134 e. The SMILES string of the molecule is CC(=O)Cc1cc(Cl)c2ncc(C#N)c(NCC(C)(C)C)c2c1.CC(C)(C)CNc1c(C#N)cnc2c(Cl)cc(N)cc12.CCO.Cl. The summed E-state index contributed by atoms with van der Waals surface area (Å²) in [7, 11) is 0. The first kappa shape index (κ1) is 41.2. The van der Waals surface area contributed by atoms with Crippen molar-refractivity contribution in [1.82, 2.24) is 9.97 Å². The lowest BCUT2D eigenvalue weighted by Gasteiger charge is -2.21. The normalized spacial score (nSPS) is 10.7. The predicted octanol–water partition coefficient (Wildman–Crippen LogP) is 8.57. The van der Waals surface area contributed by atoms with E-state index in [0.717, 1.165) is 34.3 Å². The van der Waals surface area contributed by atoms with Crippen molar-refractivity contribution in [1.29, 1.82) is 10.5 Å². The summed E-state index contributed by atoms with van der Waals surface area (Å²) in [5, 5.41) is 35.4. The predicted molar refractivity (Wildman–Crippen MR) is 198 cm³/mol. The van der Waals surface area contributed by atoms with E-state index in [2.05, 4.69) is 74.3 Å². The molecule has 0 fully saturated rings. The lowest BCUT2D eigenvalue weighted by Crippen LogP contribution is -2.19. The number of aromatic nitrogens is 2. The van der Waals surface area contributed by atoms with Gasteiger partial charge in [0.2, 0.25) is 0 Å². The van der Waals surface area contributed by atoms with Crippen molar-refractivity contribution in [2.75, 3.05) is 36.1 Å². The molecular formula is C35H44Cl3N7O2. The van der Waals surface area contributed by atoms with Crippen LogP contribution in [-0.2, 0) is 11.2 Å². The summed E-state index contributed by atoms with van der Waals surface area (Å²) in [6.45, 7) is 17.6. The van der Waals surface area contributed by atoms with E-state index in [-0.39, 0.29) is 35.6 Å². The zero-order chi connectivity index (χ0) is 34.8. The van der Waals surface area contributed by atoms with Crippen molar-refractivity contribution in [3.8, 4) is 12.1 Å². The highest BCUT2D eigenvalue weighted by atomic mass is 35.5. The van der Waals surface area contributed by atoms with Gasteiger partial charge in [-0.2, -0.15) is 10.5 Å². The van der Waals surface area contributed by atoms with Crippen LogP contribution < -0.4 is 16.4 Å². The van der Waals surface area contributed by atoms with Gasteiger partial charge in [-0.15, -0.1) is 12.4 Å². The maximum absolute atomic E-state index is 11.4. The Bertz CT molecular complexity index is 1780. The third-order valence-electron chi connectivity index (χ3n) is 6.22. The van der Waals surface area contributed by atoms with Gasteiger partial charge in [0.15, 0.2) is 0 Å². The number of nitrogens with one attached hydrogen (secondary N) is 2. The van der Waals surface area contributed by atoms with Gasteiger partial charge < -0.3 is 21.5 Å². The number of carbonyl (C=O) groups is 1. The Morgan fingerprint density at radius 2 is 1.26 bits per heavy atom. The van der Waals surface area contributed by atoms with Gasteiger partial charge in [0.05, 0.1) is 43.6 Å². The highest BCUT2D eigenvalue weighted by Gasteiger charge is 2.17. The highest BCUT2D eigenvalue weighted by Crippen LogP contribution is 2.34. The maximum atomic E-state index is 11.4. The fraction of sp³-hybridized carbons (Fsp3) is 0.400. The minimum Gasteiger partial charge on any atom is -0.399 e. The number of ketones is 1. The van der Waals surface area contributed by atoms with E-state index in [1.54, 1.807) is 32.0 Å². The van der Waals surface area contributed by atoms with E-state index in [0.29, 0.717) is 50.9 Å². The first-order valence-electron chi connectivity index (χ1n) is 14.8. The van der Waals surface area contributed by atoms with Crippen LogP contribution in [0.4, 0.5) is 17.1 Å². The number of fused-ring (bicyclic) bond motifs is 2. The van der Waals surface area contributed by atoms with Crippen LogP contribution in [0.15, 0.2) is 36.7 Å². The number of nitrogens with two attached hydrogens (primary N) is 1. The van der Waals surface area contributed by atoms with E-state index >= 15 is 0 Å². The number of pyridine rings is 2. The van der Waals surface area contributed by atoms with Crippen LogP contribution in [0.3, 0.4) is 0 Å². The molecule has 0 radical (unpaired) electrons. The number of aliphatic hydroxyl groups excluding tert-OH is 1. The second-order valence-electron chi connectivity index (χ2n) is 13.2. The van der Waals surface area contributed by atoms with Gasteiger partial charge in [-0.1, -0.05) is 64.7 Å². The van der Waals surface area contributed by atoms with Crippen molar-refractivity contribution in [2.24, 2.45) is 10.8 Å².